The molecule has 2 aromatic carbocycles. The number of alkyl halides is 3. The molecule has 10 nitrogen and oxygen atoms in total. The Morgan fingerprint density at radius 2 is 1.61 bits per heavy atom. The smallest absolute Gasteiger partial charge is 0.475 e. The fraction of sp³-hybridized carbons (Fsp3) is 0.452. The number of hydrogen-bond acceptors (Lipinski definition) is 7. The molecule has 2 N–H and O–H groups in total. The third-order valence-corrected chi connectivity index (χ3v) is 8.31. The monoisotopic (exact) mass is 613 g/mol. The number of amides is 2. The van der Waals surface area contributed by atoms with E-state index in [0.29, 0.717) is 30.7 Å². The lowest BCUT2D eigenvalue weighted by molar-refractivity contribution is -0.192. The number of nitrogens with zero attached hydrogens (tertiary/aromatic N) is 4. The van der Waals surface area contributed by atoms with Crippen molar-refractivity contribution in [2.75, 3.05) is 45.9 Å². The molecule has 0 spiro atoms. The number of hydrogen-bond donors (Lipinski definition) is 2. The Labute approximate surface area is 252 Å². The summed E-state index contributed by atoms with van der Waals surface area (Å²) in [6.45, 7) is 5.57. The van der Waals surface area contributed by atoms with E-state index in [9.17, 15) is 22.8 Å². The number of nitrogens with one attached hydrogen (secondary N) is 1. The number of benzene rings is 2. The lowest BCUT2D eigenvalue weighted by atomic mass is 10.0. The molecule has 3 unspecified atom stereocenters. The van der Waals surface area contributed by atoms with Crippen LogP contribution in [0.15, 0.2) is 60.8 Å². The average Bonchev–Trinajstić information content (AvgIpc) is 3.77. The molecule has 1 aromatic heterocycles. The van der Waals surface area contributed by atoms with Gasteiger partial charge in [-0.1, -0.05) is 42.5 Å². The zero-order valence-electron chi connectivity index (χ0n) is 23.9. The van der Waals surface area contributed by atoms with E-state index in [1.807, 2.05) is 47.4 Å². The molecule has 0 bridgehead atoms. The number of ether oxygens (including phenoxy) is 1. The van der Waals surface area contributed by atoms with Gasteiger partial charge in [0.2, 0.25) is 5.91 Å². The number of carboxylic acids is 1. The van der Waals surface area contributed by atoms with Crippen molar-refractivity contribution in [2.24, 2.45) is 17.8 Å². The highest BCUT2D eigenvalue weighted by Crippen LogP contribution is 2.32. The van der Waals surface area contributed by atoms with Gasteiger partial charge in [0, 0.05) is 39.3 Å². The van der Waals surface area contributed by atoms with Crippen LogP contribution in [0, 0.1) is 17.8 Å². The number of likely N-dealkylation sites (tertiary alicyclic amines) is 2. The quantitative estimate of drug-likeness (QED) is 0.415. The summed E-state index contributed by atoms with van der Waals surface area (Å²) >= 11 is 0. The summed E-state index contributed by atoms with van der Waals surface area (Å²) in [7, 11) is 0. The van der Waals surface area contributed by atoms with E-state index >= 15 is 0 Å². The van der Waals surface area contributed by atoms with Gasteiger partial charge in [-0.3, -0.25) is 14.6 Å². The van der Waals surface area contributed by atoms with Gasteiger partial charge in [-0.25, -0.2) is 9.78 Å². The second-order valence-corrected chi connectivity index (χ2v) is 11.4. The summed E-state index contributed by atoms with van der Waals surface area (Å²) in [5.74, 6) is -1.80. The Kier molecular flexibility index (Phi) is 9.74. The van der Waals surface area contributed by atoms with Crippen LogP contribution in [0.2, 0.25) is 0 Å². The topological polar surface area (TPSA) is 125 Å². The molecule has 0 saturated carbocycles. The molecule has 234 valence electrons. The van der Waals surface area contributed by atoms with Gasteiger partial charge in [0.05, 0.1) is 35.8 Å². The van der Waals surface area contributed by atoms with Gasteiger partial charge < -0.3 is 25.0 Å². The first-order chi connectivity index (χ1) is 21.1. The van der Waals surface area contributed by atoms with Crippen molar-refractivity contribution < 1.29 is 37.4 Å². The van der Waals surface area contributed by atoms with Crippen LogP contribution < -0.4 is 5.32 Å². The number of aliphatic carboxylic acids is 1. The standard InChI is InChI=1S/C29H33N5O3.C2HF3O2/c35-28(21-11-13-37-19-21)32-24(20-6-2-1-3-7-20)10-12-33-15-22-17-34(18-23(22)16-33)29(36)27-14-30-25-8-4-5-9-26(25)31-27;3-2(4,5)1(6)7/h1-9,14,21-24H,10-13,15-19H2,(H,32,35);(H,6,7)/t21?,22-,23?,24?;/m0./s1. The molecule has 13 heteroatoms. The van der Waals surface area contributed by atoms with E-state index in [4.69, 9.17) is 14.6 Å². The molecule has 3 aliphatic heterocycles. The van der Waals surface area contributed by atoms with Crippen LogP contribution >= 0.6 is 0 Å². The van der Waals surface area contributed by atoms with E-state index in [1.54, 1.807) is 6.20 Å². The Morgan fingerprint density at radius 3 is 2.23 bits per heavy atom. The SMILES string of the molecule is O=C(NC(CCN1CC2CN(C(=O)c3cnc4ccccc4n3)C[C@@H]2C1)c1ccccc1)C1CCOC1.O=C(O)C(F)(F)F. The van der Waals surface area contributed by atoms with Gasteiger partial charge in [-0.2, -0.15) is 13.2 Å². The number of halogens is 3. The van der Waals surface area contributed by atoms with Gasteiger partial charge in [0.1, 0.15) is 5.69 Å². The van der Waals surface area contributed by atoms with Gasteiger partial charge in [0.25, 0.3) is 5.91 Å². The molecule has 3 aliphatic rings. The van der Waals surface area contributed by atoms with E-state index in [1.165, 1.54) is 0 Å². The minimum absolute atomic E-state index is 0.0145. The van der Waals surface area contributed by atoms with Crippen LogP contribution in [-0.2, 0) is 14.3 Å². The van der Waals surface area contributed by atoms with E-state index in [2.05, 4.69) is 32.3 Å². The first-order valence-electron chi connectivity index (χ1n) is 14.5. The van der Waals surface area contributed by atoms with Gasteiger partial charge in [0.15, 0.2) is 0 Å². The highest BCUT2D eigenvalue weighted by Gasteiger charge is 2.42. The molecule has 3 aromatic rings. The first kappa shape index (κ1) is 31.3. The van der Waals surface area contributed by atoms with Crippen LogP contribution in [0.25, 0.3) is 11.0 Å². The molecule has 3 saturated heterocycles. The molecule has 2 amide bonds. The maximum Gasteiger partial charge on any atom is 0.490 e. The number of aromatic nitrogens is 2. The highest BCUT2D eigenvalue weighted by molar-refractivity contribution is 5.94. The summed E-state index contributed by atoms with van der Waals surface area (Å²) in [5.41, 5.74) is 3.11. The Morgan fingerprint density at radius 1 is 0.977 bits per heavy atom. The maximum absolute atomic E-state index is 13.1. The van der Waals surface area contributed by atoms with E-state index in [0.717, 1.165) is 62.2 Å². The molecule has 4 heterocycles. The van der Waals surface area contributed by atoms with Crippen LogP contribution in [0.4, 0.5) is 13.2 Å². The lowest BCUT2D eigenvalue weighted by Crippen LogP contribution is -2.37. The molecule has 3 fully saturated rings. The fourth-order valence-electron chi connectivity index (χ4n) is 6.01. The lowest BCUT2D eigenvalue weighted by Gasteiger charge is -2.25. The third-order valence-electron chi connectivity index (χ3n) is 8.31. The minimum Gasteiger partial charge on any atom is -0.475 e. The van der Waals surface area contributed by atoms with Gasteiger partial charge >= 0.3 is 12.1 Å². The summed E-state index contributed by atoms with van der Waals surface area (Å²) in [6.07, 6.45) is -1.83. The average molecular weight is 614 g/mol. The molecule has 0 radical (unpaired) electrons. The van der Waals surface area contributed by atoms with Crippen LogP contribution in [0.5, 0.6) is 0 Å². The second-order valence-electron chi connectivity index (χ2n) is 11.4. The minimum atomic E-state index is -5.08. The van der Waals surface area contributed by atoms with Crippen LogP contribution in [0.3, 0.4) is 0 Å². The Hall–Kier alpha value is -4.10. The van der Waals surface area contributed by atoms with Crippen molar-refractivity contribution in [3.8, 4) is 0 Å². The second kappa shape index (κ2) is 13.7. The molecular weight excluding hydrogens is 579 g/mol. The van der Waals surface area contributed by atoms with Crippen LogP contribution in [-0.4, -0.2) is 94.8 Å². The number of rotatable bonds is 7. The fourth-order valence-corrected chi connectivity index (χ4v) is 6.01. The predicted octanol–water partition coefficient (Wildman–Crippen LogP) is 3.55. The third kappa shape index (κ3) is 7.69. The van der Waals surface area contributed by atoms with E-state index < -0.39 is 12.1 Å². The molecule has 44 heavy (non-hydrogen) atoms. The molecule has 0 aliphatic carbocycles. The number of carbonyl (C=O) groups is 3. The number of fused-ring (bicyclic) bond motifs is 2. The summed E-state index contributed by atoms with van der Waals surface area (Å²) < 4.78 is 37.2. The number of carboxylic acid groups (broad SMARTS) is 1. The normalized spacial score (nSPS) is 22.2. The Bertz CT molecular complexity index is 1450. The van der Waals surface area contributed by atoms with E-state index in [-0.39, 0.29) is 23.8 Å². The zero-order chi connectivity index (χ0) is 31.3. The van der Waals surface area contributed by atoms with Crippen molar-refractivity contribution in [3.05, 3.63) is 72.1 Å². The van der Waals surface area contributed by atoms with Crippen molar-refractivity contribution in [3.63, 3.8) is 0 Å². The predicted molar refractivity (Wildman–Crippen MR) is 153 cm³/mol. The Balaban J connectivity index is 0.000000493. The summed E-state index contributed by atoms with van der Waals surface area (Å²) in [4.78, 5) is 48.3. The van der Waals surface area contributed by atoms with Gasteiger partial charge in [-0.05, 0) is 42.4 Å². The highest BCUT2D eigenvalue weighted by atomic mass is 19.4. The number of carbonyl (C=O) groups excluding carboxylic acids is 2. The van der Waals surface area contributed by atoms with Gasteiger partial charge in [-0.15, -0.1) is 0 Å². The first-order valence-corrected chi connectivity index (χ1v) is 14.5. The van der Waals surface area contributed by atoms with Crippen molar-refractivity contribution >= 4 is 28.8 Å². The largest absolute Gasteiger partial charge is 0.490 e. The number of para-hydroxylation sites is 2. The maximum atomic E-state index is 13.1. The summed E-state index contributed by atoms with van der Waals surface area (Å²) in [5, 5.41) is 10.4. The molecule has 6 rings (SSSR count). The zero-order valence-corrected chi connectivity index (χ0v) is 23.9. The molecule has 4 atom stereocenters. The van der Waals surface area contributed by atoms with Crippen LogP contribution in [0.1, 0.15) is 34.9 Å². The molecular formula is C31H34F3N5O5. The summed E-state index contributed by atoms with van der Waals surface area (Å²) in [6, 6.07) is 17.9. The van der Waals surface area contributed by atoms with Crippen molar-refractivity contribution in [1.29, 1.82) is 0 Å². The van der Waals surface area contributed by atoms with Crippen molar-refractivity contribution in [2.45, 2.75) is 25.1 Å². The van der Waals surface area contributed by atoms with Crippen molar-refractivity contribution in [1.82, 2.24) is 25.1 Å².